The van der Waals surface area contributed by atoms with Crippen molar-refractivity contribution in [3.8, 4) is 0 Å². The topological polar surface area (TPSA) is 87.7 Å². The number of nitrogens with one attached hydrogen (secondary N) is 2. The van der Waals surface area contributed by atoms with E-state index < -0.39 is 23.8 Å². The van der Waals surface area contributed by atoms with Crippen molar-refractivity contribution < 1.29 is 19.1 Å². The molecule has 0 saturated carbocycles. The Bertz CT molecular complexity index is 1100. The minimum atomic E-state index is -0.905. The van der Waals surface area contributed by atoms with Crippen LogP contribution in [0, 0.1) is 33.6 Å². The average molecular weight is 496 g/mol. The number of likely N-dealkylation sites (N-methyl/N-ethyl adjacent to an activating group) is 1. The molecule has 0 fully saturated rings. The fraction of sp³-hybridized carbons (Fsp3) is 0.483. The first-order valence-electron chi connectivity index (χ1n) is 12.3. The van der Waals surface area contributed by atoms with Crippen LogP contribution in [-0.2, 0) is 14.3 Å². The predicted molar refractivity (Wildman–Crippen MR) is 144 cm³/mol. The molecule has 2 atom stereocenters. The van der Waals surface area contributed by atoms with E-state index in [0.29, 0.717) is 0 Å². The van der Waals surface area contributed by atoms with Gasteiger partial charge in [-0.15, -0.1) is 0 Å². The van der Waals surface area contributed by atoms with Gasteiger partial charge in [0, 0.05) is 12.7 Å². The van der Waals surface area contributed by atoms with Gasteiger partial charge in [-0.05, 0) is 76.6 Å². The third-order valence-corrected chi connectivity index (χ3v) is 6.05. The highest BCUT2D eigenvalue weighted by Crippen LogP contribution is 2.29. The van der Waals surface area contributed by atoms with Crippen LogP contribution in [0.5, 0.6) is 0 Å². The molecule has 0 heterocycles. The molecule has 2 rings (SSSR count). The largest absolute Gasteiger partial charge is 0.444 e. The summed E-state index contributed by atoms with van der Waals surface area (Å²) < 4.78 is 5.38. The van der Waals surface area contributed by atoms with Crippen LogP contribution in [0.25, 0.3) is 0 Å². The Morgan fingerprint density at radius 1 is 0.917 bits per heavy atom. The normalized spacial score (nSPS) is 13.1. The minimum Gasteiger partial charge on any atom is -0.444 e. The highest BCUT2D eigenvalue weighted by Gasteiger charge is 2.36. The summed E-state index contributed by atoms with van der Waals surface area (Å²) in [6.07, 6.45) is -0.675. The second-order valence-corrected chi connectivity index (χ2v) is 10.8. The fourth-order valence-electron chi connectivity index (χ4n) is 4.08. The van der Waals surface area contributed by atoms with Gasteiger partial charge in [0.1, 0.15) is 17.7 Å². The van der Waals surface area contributed by atoms with Crippen molar-refractivity contribution in [3.63, 3.8) is 0 Å². The van der Waals surface area contributed by atoms with E-state index in [1.807, 2.05) is 77.9 Å². The van der Waals surface area contributed by atoms with Gasteiger partial charge in [0.2, 0.25) is 5.91 Å². The summed E-state index contributed by atoms with van der Waals surface area (Å²) in [7, 11) is 1.60. The molecule has 0 aliphatic heterocycles. The predicted octanol–water partition coefficient (Wildman–Crippen LogP) is 5.61. The summed E-state index contributed by atoms with van der Waals surface area (Å²) in [4.78, 5) is 41.5. The fourth-order valence-corrected chi connectivity index (χ4v) is 4.08. The van der Waals surface area contributed by atoms with Crippen molar-refractivity contribution in [1.82, 2.24) is 10.2 Å². The average Bonchev–Trinajstić information content (AvgIpc) is 2.75. The van der Waals surface area contributed by atoms with Gasteiger partial charge in [-0.2, -0.15) is 0 Å². The number of carbonyl (C=O) groups excluding carboxylic acids is 3. The number of amides is 3. The van der Waals surface area contributed by atoms with Crippen molar-refractivity contribution in [1.29, 1.82) is 0 Å². The van der Waals surface area contributed by atoms with Crippen molar-refractivity contribution in [2.45, 2.75) is 80.0 Å². The molecule has 2 N–H and O–H groups in total. The monoisotopic (exact) mass is 495 g/mol. The highest BCUT2D eigenvalue weighted by molar-refractivity contribution is 6.00. The van der Waals surface area contributed by atoms with Gasteiger partial charge in [-0.3, -0.25) is 9.59 Å². The number of para-hydroxylation sites is 1. The Balaban J connectivity index is 2.48. The number of hydrogen-bond acceptors (Lipinski definition) is 4. The molecule has 0 spiro atoms. The molecule has 2 aromatic rings. The summed E-state index contributed by atoms with van der Waals surface area (Å²) >= 11 is 0. The molecule has 0 saturated heterocycles. The van der Waals surface area contributed by atoms with Crippen molar-refractivity contribution >= 4 is 23.6 Å². The van der Waals surface area contributed by atoms with Crippen LogP contribution in [-0.4, -0.2) is 41.5 Å². The molecular formula is C29H41N3O4. The maximum absolute atomic E-state index is 13.8. The molecule has 0 aliphatic carbocycles. The Morgan fingerprint density at radius 2 is 1.50 bits per heavy atom. The molecular weight excluding hydrogens is 454 g/mol. The van der Waals surface area contributed by atoms with Crippen LogP contribution >= 0.6 is 0 Å². The van der Waals surface area contributed by atoms with Crippen LogP contribution in [0.15, 0.2) is 36.4 Å². The summed E-state index contributed by atoms with van der Waals surface area (Å²) in [5.41, 5.74) is 4.50. The lowest BCUT2D eigenvalue weighted by atomic mass is 9.95. The zero-order chi connectivity index (χ0) is 27.4. The Kier molecular flexibility index (Phi) is 9.30. The van der Waals surface area contributed by atoms with Gasteiger partial charge in [0.15, 0.2) is 0 Å². The third-order valence-electron chi connectivity index (χ3n) is 6.05. The first-order chi connectivity index (χ1) is 16.6. The van der Waals surface area contributed by atoms with Crippen LogP contribution < -0.4 is 10.6 Å². The lowest BCUT2D eigenvalue weighted by Gasteiger charge is -2.34. The third kappa shape index (κ3) is 7.33. The van der Waals surface area contributed by atoms with E-state index in [4.69, 9.17) is 4.74 Å². The number of rotatable bonds is 7. The Hall–Kier alpha value is -3.35. The minimum absolute atomic E-state index is 0.228. The first kappa shape index (κ1) is 28.9. The van der Waals surface area contributed by atoms with Crippen LogP contribution in [0.4, 0.5) is 10.5 Å². The molecule has 196 valence electrons. The summed E-state index contributed by atoms with van der Waals surface area (Å²) in [6.45, 7) is 16.7. The van der Waals surface area contributed by atoms with Gasteiger partial charge < -0.3 is 20.3 Å². The maximum atomic E-state index is 13.8. The Morgan fingerprint density at radius 3 is 2.03 bits per heavy atom. The molecule has 2 unspecified atom stereocenters. The summed E-state index contributed by atoms with van der Waals surface area (Å²) in [5.74, 6) is -0.927. The lowest BCUT2D eigenvalue weighted by molar-refractivity contribution is -0.140. The van der Waals surface area contributed by atoms with Gasteiger partial charge in [0.05, 0.1) is 0 Å². The molecule has 3 amide bonds. The number of nitrogens with zero attached hydrogens (tertiary/aromatic N) is 1. The number of hydrogen-bond donors (Lipinski definition) is 2. The number of aryl methyl sites for hydroxylation is 4. The molecule has 0 radical (unpaired) electrons. The second-order valence-electron chi connectivity index (χ2n) is 10.8. The number of carbonyl (C=O) groups is 3. The van der Waals surface area contributed by atoms with Gasteiger partial charge in [-0.1, -0.05) is 55.8 Å². The van der Waals surface area contributed by atoms with E-state index in [-0.39, 0.29) is 17.7 Å². The zero-order valence-corrected chi connectivity index (χ0v) is 23.3. The van der Waals surface area contributed by atoms with Gasteiger partial charge >= 0.3 is 6.09 Å². The Labute approximate surface area is 215 Å². The number of alkyl carbamates (subject to hydrolysis) is 1. The van der Waals surface area contributed by atoms with Crippen molar-refractivity contribution in [3.05, 3.63) is 64.2 Å². The summed E-state index contributed by atoms with van der Waals surface area (Å²) in [5, 5.41) is 5.76. The summed E-state index contributed by atoms with van der Waals surface area (Å²) in [6, 6.07) is 9.88. The quantitative estimate of drug-likeness (QED) is 0.523. The molecule has 7 heteroatoms. The number of anilines is 1. The van der Waals surface area contributed by atoms with Crippen LogP contribution in [0.1, 0.15) is 68.5 Å². The molecule has 0 aliphatic rings. The number of benzene rings is 2. The molecule has 0 aromatic heterocycles. The maximum Gasteiger partial charge on any atom is 0.408 e. The second kappa shape index (κ2) is 11.6. The molecule has 7 nitrogen and oxygen atoms in total. The van der Waals surface area contributed by atoms with Gasteiger partial charge in [0.25, 0.3) is 5.91 Å². The van der Waals surface area contributed by atoms with E-state index in [9.17, 15) is 14.4 Å². The van der Waals surface area contributed by atoms with E-state index in [2.05, 4.69) is 10.6 Å². The van der Waals surface area contributed by atoms with Crippen molar-refractivity contribution in [2.24, 2.45) is 5.92 Å². The molecule has 0 bridgehead atoms. The SMILES string of the molecule is Cc1ccc(C)c(C(C(=O)Nc2c(C)cccc2C)N(C)C(=O)C(NC(=O)OC(C)(C)C)C(C)C)c1. The molecule has 2 aromatic carbocycles. The van der Waals surface area contributed by atoms with E-state index in [1.54, 1.807) is 27.8 Å². The van der Waals surface area contributed by atoms with Crippen LogP contribution in [0.2, 0.25) is 0 Å². The van der Waals surface area contributed by atoms with Crippen LogP contribution in [0.3, 0.4) is 0 Å². The van der Waals surface area contributed by atoms with Crippen molar-refractivity contribution in [2.75, 3.05) is 12.4 Å². The van der Waals surface area contributed by atoms with E-state index in [1.165, 1.54) is 4.90 Å². The van der Waals surface area contributed by atoms with E-state index in [0.717, 1.165) is 33.5 Å². The smallest absolute Gasteiger partial charge is 0.408 e. The molecule has 36 heavy (non-hydrogen) atoms. The highest BCUT2D eigenvalue weighted by atomic mass is 16.6. The standard InChI is InChI=1S/C29H41N3O4/c1-17(2)23(31-28(35)36-29(7,8)9)27(34)32(10)25(22-16-18(3)14-15-19(22)4)26(33)30-24-20(5)12-11-13-21(24)6/h11-17,23,25H,1-10H3,(H,30,33)(H,31,35). The lowest BCUT2D eigenvalue weighted by Crippen LogP contribution is -2.53. The zero-order valence-electron chi connectivity index (χ0n) is 23.3. The van der Waals surface area contributed by atoms with Gasteiger partial charge in [-0.25, -0.2) is 4.79 Å². The number of ether oxygens (including phenoxy) is 1. The van der Waals surface area contributed by atoms with E-state index >= 15 is 0 Å². The first-order valence-corrected chi connectivity index (χ1v) is 12.3.